The van der Waals surface area contributed by atoms with Crippen LogP contribution in [0.4, 0.5) is 0 Å². The summed E-state index contributed by atoms with van der Waals surface area (Å²) in [5, 5.41) is 20.4. The number of carbonyl (C=O) groups is 4. The summed E-state index contributed by atoms with van der Waals surface area (Å²) in [6, 6.07) is 0. The van der Waals surface area contributed by atoms with Crippen LogP contribution in [0, 0.1) is 10.8 Å². The molecule has 0 bridgehead atoms. The van der Waals surface area contributed by atoms with Gasteiger partial charge in [-0.15, -0.1) is 0 Å². The number of aliphatic hydroxyl groups excluding tert-OH is 2. The minimum atomic E-state index is -1.30. The van der Waals surface area contributed by atoms with Crippen LogP contribution in [0.2, 0.25) is 0 Å². The normalized spacial score (nSPS) is 12.7. The van der Waals surface area contributed by atoms with Crippen LogP contribution in [-0.2, 0) is 42.9 Å². The fraction of sp³-hybridized carbons (Fsp3) is 0.900. The van der Waals surface area contributed by atoms with Crippen molar-refractivity contribution < 1.29 is 53.1 Å². The molecule has 0 aliphatic rings. The highest BCUT2D eigenvalue weighted by molar-refractivity contribution is 5.70. The van der Waals surface area contributed by atoms with Crippen molar-refractivity contribution in [3.8, 4) is 0 Å². The largest absolute Gasteiger partial charge is 0.465 e. The standard InChI is InChI=1S/C40H74O11/c1-5-9-13-16-17-19-22-26-38(46)51-34-40(32-49-36(44)24-20-15-11-7-3,33-50-37(45)25-21-18-14-10-6-2)30-47-29-39(27-41,28-42)31-48-35(43)23-12-8-4/h41-42H,5-34H2,1-4H3. The van der Waals surface area contributed by atoms with Gasteiger partial charge >= 0.3 is 23.9 Å². The van der Waals surface area contributed by atoms with E-state index in [4.69, 9.17) is 23.7 Å². The van der Waals surface area contributed by atoms with Gasteiger partial charge in [-0.3, -0.25) is 19.2 Å². The van der Waals surface area contributed by atoms with Crippen molar-refractivity contribution in [3.63, 3.8) is 0 Å². The van der Waals surface area contributed by atoms with Gasteiger partial charge in [0, 0.05) is 25.7 Å². The van der Waals surface area contributed by atoms with Gasteiger partial charge in [-0.1, -0.05) is 118 Å². The summed E-state index contributed by atoms with van der Waals surface area (Å²) in [6.07, 6.45) is 18.3. The Kier molecular flexibility index (Phi) is 31.0. The molecule has 0 rings (SSSR count). The number of unbranched alkanes of at least 4 members (excludes halogenated alkanes) is 14. The Balaban J connectivity index is 5.84. The summed E-state index contributed by atoms with van der Waals surface area (Å²) in [6.45, 7) is 5.95. The minimum absolute atomic E-state index is 0.184. The molecule has 0 heterocycles. The van der Waals surface area contributed by atoms with E-state index >= 15 is 0 Å². The van der Waals surface area contributed by atoms with E-state index < -0.39 is 47.9 Å². The summed E-state index contributed by atoms with van der Waals surface area (Å²) in [5.74, 6) is -1.65. The van der Waals surface area contributed by atoms with Crippen LogP contribution in [-0.4, -0.2) is 86.9 Å². The molecule has 0 saturated carbocycles. The third-order valence-corrected chi connectivity index (χ3v) is 9.08. The average molecular weight is 731 g/mol. The van der Waals surface area contributed by atoms with Crippen LogP contribution in [0.1, 0.15) is 169 Å². The van der Waals surface area contributed by atoms with E-state index in [-0.39, 0.29) is 65.3 Å². The summed E-state index contributed by atoms with van der Waals surface area (Å²) in [4.78, 5) is 50.7. The maximum Gasteiger partial charge on any atom is 0.305 e. The van der Waals surface area contributed by atoms with Gasteiger partial charge in [0.1, 0.15) is 26.4 Å². The Hall–Kier alpha value is -2.24. The van der Waals surface area contributed by atoms with E-state index in [1.807, 2.05) is 6.92 Å². The second-order valence-electron chi connectivity index (χ2n) is 14.4. The maximum atomic E-state index is 12.9. The van der Waals surface area contributed by atoms with Crippen LogP contribution in [0.25, 0.3) is 0 Å². The minimum Gasteiger partial charge on any atom is -0.465 e. The molecular weight excluding hydrogens is 656 g/mol. The predicted molar refractivity (Wildman–Crippen MR) is 198 cm³/mol. The predicted octanol–water partition coefficient (Wildman–Crippen LogP) is 7.80. The second kappa shape index (κ2) is 32.4. The molecule has 11 heteroatoms. The molecule has 2 N–H and O–H groups in total. The zero-order chi connectivity index (χ0) is 38.1. The van der Waals surface area contributed by atoms with E-state index in [1.54, 1.807) is 0 Å². The van der Waals surface area contributed by atoms with Crippen LogP contribution in [0.5, 0.6) is 0 Å². The van der Waals surface area contributed by atoms with Gasteiger partial charge in [0.15, 0.2) is 0 Å². The molecular formula is C40H74O11. The average Bonchev–Trinajstić information content (AvgIpc) is 3.14. The van der Waals surface area contributed by atoms with Crippen molar-refractivity contribution in [2.45, 2.75) is 169 Å². The fourth-order valence-corrected chi connectivity index (χ4v) is 5.35. The highest BCUT2D eigenvalue weighted by Crippen LogP contribution is 2.25. The number of hydrogen-bond donors (Lipinski definition) is 2. The Morgan fingerprint density at radius 3 is 1.00 bits per heavy atom. The van der Waals surface area contributed by atoms with E-state index in [2.05, 4.69) is 20.8 Å². The highest BCUT2D eigenvalue weighted by Gasteiger charge is 2.39. The molecule has 300 valence electrons. The van der Waals surface area contributed by atoms with Gasteiger partial charge < -0.3 is 33.9 Å². The molecule has 0 aliphatic heterocycles. The van der Waals surface area contributed by atoms with Gasteiger partial charge in [-0.25, -0.2) is 0 Å². The first-order chi connectivity index (χ1) is 24.6. The Bertz CT molecular complexity index is 890. The summed E-state index contributed by atoms with van der Waals surface area (Å²) in [7, 11) is 0. The number of aliphatic hydroxyl groups is 2. The molecule has 11 nitrogen and oxygen atoms in total. The third-order valence-electron chi connectivity index (χ3n) is 9.08. The van der Waals surface area contributed by atoms with Crippen LogP contribution in [0.3, 0.4) is 0 Å². The van der Waals surface area contributed by atoms with E-state index in [9.17, 15) is 29.4 Å². The lowest BCUT2D eigenvalue weighted by atomic mass is 9.90. The van der Waals surface area contributed by atoms with Gasteiger partial charge in [0.25, 0.3) is 0 Å². The quantitative estimate of drug-likeness (QED) is 0.0369. The number of rotatable bonds is 36. The highest BCUT2D eigenvalue weighted by atomic mass is 16.6. The zero-order valence-electron chi connectivity index (χ0n) is 32.8. The van der Waals surface area contributed by atoms with Gasteiger partial charge in [-0.2, -0.15) is 0 Å². The molecule has 0 aliphatic carbocycles. The lowest BCUT2D eigenvalue weighted by Gasteiger charge is -2.34. The third kappa shape index (κ3) is 26.2. The Labute approximate surface area is 309 Å². The smallest absolute Gasteiger partial charge is 0.305 e. The molecule has 0 aromatic rings. The fourth-order valence-electron chi connectivity index (χ4n) is 5.35. The van der Waals surface area contributed by atoms with E-state index in [1.165, 1.54) is 19.3 Å². The van der Waals surface area contributed by atoms with Gasteiger partial charge in [-0.05, 0) is 25.7 Å². The van der Waals surface area contributed by atoms with E-state index in [0.29, 0.717) is 25.7 Å². The van der Waals surface area contributed by atoms with Crippen LogP contribution < -0.4 is 0 Å². The maximum absolute atomic E-state index is 12.9. The molecule has 0 fully saturated rings. The van der Waals surface area contributed by atoms with Crippen molar-refractivity contribution in [1.29, 1.82) is 0 Å². The molecule has 0 amide bonds. The SMILES string of the molecule is CCCCCCCCCC(=O)OCC(COCC(CO)(CO)COC(=O)CCCC)(COC(=O)CCCCCC)COC(=O)CCCCCCC. The van der Waals surface area contributed by atoms with Gasteiger partial charge in [0.2, 0.25) is 0 Å². The van der Waals surface area contributed by atoms with Crippen LogP contribution in [0.15, 0.2) is 0 Å². The molecule has 1 atom stereocenters. The first-order valence-corrected chi connectivity index (χ1v) is 20.1. The number of carbonyl (C=O) groups excluding carboxylic acids is 4. The molecule has 51 heavy (non-hydrogen) atoms. The molecule has 0 radical (unpaired) electrons. The van der Waals surface area contributed by atoms with Crippen LogP contribution >= 0.6 is 0 Å². The van der Waals surface area contributed by atoms with Crippen molar-refractivity contribution in [3.05, 3.63) is 0 Å². The number of hydrogen-bond acceptors (Lipinski definition) is 11. The number of esters is 4. The monoisotopic (exact) mass is 731 g/mol. The Morgan fingerprint density at radius 2 is 0.647 bits per heavy atom. The van der Waals surface area contributed by atoms with Crippen molar-refractivity contribution >= 4 is 23.9 Å². The molecule has 1 unspecified atom stereocenters. The summed E-state index contributed by atoms with van der Waals surface area (Å²) in [5.41, 5.74) is -2.55. The van der Waals surface area contributed by atoms with Gasteiger partial charge in [0.05, 0.1) is 37.3 Å². The first kappa shape index (κ1) is 48.8. The zero-order valence-corrected chi connectivity index (χ0v) is 32.8. The lowest BCUT2D eigenvalue weighted by Crippen LogP contribution is -2.46. The number of ether oxygens (including phenoxy) is 5. The molecule has 0 aromatic heterocycles. The van der Waals surface area contributed by atoms with Crippen molar-refractivity contribution in [2.24, 2.45) is 10.8 Å². The Morgan fingerprint density at radius 1 is 0.373 bits per heavy atom. The molecule has 0 saturated heterocycles. The lowest BCUT2D eigenvalue weighted by molar-refractivity contribution is -0.171. The van der Waals surface area contributed by atoms with Crippen molar-refractivity contribution in [1.82, 2.24) is 0 Å². The van der Waals surface area contributed by atoms with Crippen molar-refractivity contribution in [2.75, 3.05) is 52.9 Å². The summed E-state index contributed by atoms with van der Waals surface area (Å²) < 4.78 is 28.6. The summed E-state index contributed by atoms with van der Waals surface area (Å²) >= 11 is 0. The first-order valence-electron chi connectivity index (χ1n) is 20.1. The topological polar surface area (TPSA) is 155 Å². The molecule has 0 aromatic carbocycles. The molecule has 0 spiro atoms. The second-order valence-corrected chi connectivity index (χ2v) is 14.4. The van der Waals surface area contributed by atoms with E-state index in [0.717, 1.165) is 70.6 Å².